The van der Waals surface area contributed by atoms with Gasteiger partial charge < -0.3 is 10.5 Å². The number of nitrogens with two attached hydrogens (primary N) is 1. The maximum absolute atomic E-state index is 14.3. The molecule has 0 bridgehead atoms. The molecule has 1 aliphatic rings. The van der Waals surface area contributed by atoms with Gasteiger partial charge in [-0.05, 0) is 26.8 Å². The van der Waals surface area contributed by atoms with Crippen molar-refractivity contribution in [2.45, 2.75) is 32.0 Å². The van der Waals surface area contributed by atoms with Gasteiger partial charge in [-0.25, -0.2) is 26.9 Å². The minimum absolute atomic E-state index is 0.491. The molecule has 1 atom stereocenters. The molecule has 0 aromatic heterocycles. The van der Waals surface area contributed by atoms with Gasteiger partial charge in [0, 0.05) is 24.7 Å². The van der Waals surface area contributed by atoms with Gasteiger partial charge in [0.1, 0.15) is 17.2 Å². The first-order valence-corrected chi connectivity index (χ1v) is 9.55. The van der Waals surface area contributed by atoms with Gasteiger partial charge in [-0.3, -0.25) is 15.4 Å². The highest BCUT2D eigenvalue weighted by atomic mass is 32.2. The van der Waals surface area contributed by atoms with Crippen molar-refractivity contribution in [2.75, 3.05) is 12.8 Å². The molecule has 1 amide bonds. The van der Waals surface area contributed by atoms with Crippen LogP contribution in [-0.2, 0) is 20.4 Å². The van der Waals surface area contributed by atoms with Gasteiger partial charge in [-0.2, -0.15) is 0 Å². The normalized spacial score (nSPS) is 21.6. The molecule has 2 rings (SSSR count). The average Bonchev–Trinajstić information content (AvgIpc) is 2.50. The molecule has 1 aromatic rings. The summed E-state index contributed by atoms with van der Waals surface area (Å²) < 4.78 is 45.0. The number of carbonyl (C=O) groups excluding carboxylic acids is 1. The van der Waals surface area contributed by atoms with Crippen LogP contribution in [0.1, 0.15) is 26.3 Å². The number of ether oxygens (including phenoxy) is 1. The molecule has 0 saturated heterocycles. The number of non-ortho nitro benzene ring substituents is 1. The molecule has 154 valence electrons. The second kappa shape index (κ2) is 6.98. The fourth-order valence-electron chi connectivity index (χ4n) is 2.40. The van der Waals surface area contributed by atoms with E-state index in [0.717, 1.165) is 25.2 Å². The van der Waals surface area contributed by atoms with E-state index in [4.69, 9.17) is 10.5 Å². The Morgan fingerprint density at radius 1 is 1.46 bits per heavy atom. The van der Waals surface area contributed by atoms with Crippen LogP contribution in [0.2, 0.25) is 0 Å². The zero-order valence-corrected chi connectivity index (χ0v) is 16.4. The maximum Gasteiger partial charge on any atom is 0.414 e. The Hall–Kier alpha value is -2.80. The third-order valence-corrected chi connectivity index (χ3v) is 5.48. The zero-order valence-electron chi connectivity index (χ0n) is 15.6. The van der Waals surface area contributed by atoms with E-state index in [1.807, 2.05) is 0 Å². The molecule has 11 nitrogen and oxygen atoms in total. The molecule has 0 saturated carbocycles. The van der Waals surface area contributed by atoms with E-state index in [9.17, 15) is 27.7 Å². The van der Waals surface area contributed by atoms with Crippen LogP contribution in [0.3, 0.4) is 0 Å². The van der Waals surface area contributed by atoms with Crippen molar-refractivity contribution in [3.05, 3.63) is 39.7 Å². The summed E-state index contributed by atoms with van der Waals surface area (Å²) in [5, 5.41) is 13.1. The smallest absolute Gasteiger partial charge is 0.414 e. The second-order valence-corrected chi connectivity index (χ2v) is 9.13. The van der Waals surface area contributed by atoms with Crippen LogP contribution in [0.15, 0.2) is 23.2 Å². The zero-order chi connectivity index (χ0) is 21.5. The summed E-state index contributed by atoms with van der Waals surface area (Å²) in [5.74, 6) is -2.35. The lowest BCUT2D eigenvalue weighted by Crippen LogP contribution is -2.57. The third-order valence-electron chi connectivity index (χ3n) is 3.66. The number of nitrogens with one attached hydrogen (secondary N) is 1. The Kier molecular flexibility index (Phi) is 5.36. The lowest BCUT2D eigenvalue weighted by Gasteiger charge is -2.35. The molecular weight excluding hydrogens is 397 g/mol. The number of carbonyl (C=O) groups is 1. The summed E-state index contributed by atoms with van der Waals surface area (Å²) in [4.78, 5) is 26.2. The van der Waals surface area contributed by atoms with Crippen LogP contribution in [0.4, 0.5) is 14.9 Å². The number of hydrogen-bond donors (Lipinski definition) is 2. The van der Waals surface area contributed by atoms with Crippen LogP contribution >= 0.6 is 0 Å². The quantitative estimate of drug-likeness (QED) is 0.537. The Bertz CT molecular complexity index is 958. The first-order valence-electron chi connectivity index (χ1n) is 7.94. The largest absolute Gasteiger partial charge is 0.444 e. The third kappa shape index (κ3) is 4.54. The Balaban J connectivity index is 2.54. The van der Waals surface area contributed by atoms with Crippen molar-refractivity contribution in [3.63, 3.8) is 0 Å². The molecule has 0 aliphatic carbocycles. The Morgan fingerprint density at radius 2 is 2.07 bits per heavy atom. The minimum Gasteiger partial charge on any atom is -0.444 e. The van der Waals surface area contributed by atoms with Crippen LogP contribution in [-0.4, -0.2) is 48.1 Å². The van der Waals surface area contributed by atoms with E-state index in [-0.39, 0.29) is 0 Å². The molecule has 0 fully saturated rings. The number of hydrogen-bond acceptors (Lipinski definition) is 8. The molecule has 3 N–H and O–H groups in total. The number of amides is 1. The number of benzene rings is 1. The summed E-state index contributed by atoms with van der Waals surface area (Å²) in [6, 6.07) is 2.52. The monoisotopic (exact) mass is 417 g/mol. The number of aliphatic imine (C=N–C) groups is 1. The van der Waals surface area contributed by atoms with Crippen molar-refractivity contribution in [3.8, 4) is 0 Å². The topological polar surface area (TPSA) is 157 Å². The highest BCUT2D eigenvalue weighted by Crippen LogP contribution is 2.31. The fraction of sp³-hybridized carbons (Fsp3) is 0.467. The number of nitro benzene ring substituents is 1. The minimum atomic E-state index is -4.13. The molecule has 13 heteroatoms. The number of sulfonamides is 1. The summed E-state index contributed by atoms with van der Waals surface area (Å²) in [6.07, 6.45) is -1.00. The van der Waals surface area contributed by atoms with Crippen molar-refractivity contribution >= 4 is 27.8 Å². The predicted molar refractivity (Wildman–Crippen MR) is 97.3 cm³/mol. The van der Waals surface area contributed by atoms with Crippen molar-refractivity contribution in [1.29, 1.82) is 0 Å². The lowest BCUT2D eigenvalue weighted by molar-refractivity contribution is -0.385. The number of rotatable bonds is 2. The highest BCUT2D eigenvalue weighted by molar-refractivity contribution is 7.89. The van der Waals surface area contributed by atoms with Gasteiger partial charge in [0.2, 0.25) is 16.0 Å². The van der Waals surface area contributed by atoms with Gasteiger partial charge >= 0.3 is 6.09 Å². The predicted octanol–water partition coefficient (Wildman–Crippen LogP) is 1.00. The molecule has 1 aliphatic heterocycles. The van der Waals surface area contributed by atoms with E-state index in [2.05, 4.69) is 10.3 Å². The van der Waals surface area contributed by atoms with E-state index >= 15 is 0 Å². The van der Waals surface area contributed by atoms with Crippen molar-refractivity contribution in [1.82, 2.24) is 9.62 Å². The first kappa shape index (κ1) is 21.5. The van der Waals surface area contributed by atoms with Gasteiger partial charge in [-0.1, -0.05) is 0 Å². The van der Waals surface area contributed by atoms with Gasteiger partial charge in [-0.15, -0.1) is 0 Å². The fourth-order valence-corrected chi connectivity index (χ4v) is 3.72. The van der Waals surface area contributed by atoms with Crippen molar-refractivity contribution < 1.29 is 27.3 Å². The van der Waals surface area contributed by atoms with Crippen LogP contribution in [0, 0.1) is 15.9 Å². The number of nitrogens with zero attached hydrogens (tertiary/aromatic N) is 3. The number of halogens is 1. The van der Waals surface area contributed by atoms with Crippen LogP contribution in [0.5, 0.6) is 0 Å². The molecule has 1 aromatic carbocycles. The average molecular weight is 417 g/mol. The second-order valence-electron chi connectivity index (χ2n) is 7.13. The van der Waals surface area contributed by atoms with Gasteiger partial charge in [0.05, 0.1) is 4.92 Å². The van der Waals surface area contributed by atoms with E-state index in [0.29, 0.717) is 4.31 Å². The number of nitro groups is 1. The number of alkyl carbamates (subject to hydrolysis) is 1. The van der Waals surface area contributed by atoms with E-state index < -0.39 is 61.1 Å². The van der Waals surface area contributed by atoms with Crippen LogP contribution in [0.25, 0.3) is 0 Å². The van der Waals surface area contributed by atoms with Crippen LogP contribution < -0.4 is 11.1 Å². The van der Waals surface area contributed by atoms with Gasteiger partial charge in [0.15, 0.2) is 5.66 Å². The first-order chi connectivity index (χ1) is 12.6. The summed E-state index contributed by atoms with van der Waals surface area (Å²) in [6.45, 7) is 4.80. The van der Waals surface area contributed by atoms with E-state index in [1.165, 1.54) is 0 Å². The number of guanidine groups is 1. The SMILES string of the molecule is CN1C(NC(=O)OC(C)(C)C)=N[C@](N)(c2cc([N+](=O)[O-])ccc2F)CS1(=O)=O. The standard InChI is InChI=1S/C15H20FN5O6S/c1-14(2,3)27-13(22)18-12-19-15(17,8-28(25,26)20(12)4)10-7-9(21(23)24)5-6-11(10)16/h5-7H,8,17H2,1-4H3,(H,18,19,22)/t15-/m0/s1. The Labute approximate surface area is 160 Å². The molecule has 1 heterocycles. The molecule has 0 spiro atoms. The van der Waals surface area contributed by atoms with Gasteiger partial charge in [0.25, 0.3) is 5.69 Å². The highest BCUT2D eigenvalue weighted by Gasteiger charge is 2.44. The van der Waals surface area contributed by atoms with Crippen molar-refractivity contribution in [2.24, 2.45) is 10.7 Å². The molecular formula is C15H20FN5O6S. The van der Waals surface area contributed by atoms with E-state index in [1.54, 1.807) is 20.8 Å². The summed E-state index contributed by atoms with van der Waals surface area (Å²) in [5.41, 5.74) is 1.97. The molecule has 28 heavy (non-hydrogen) atoms. The lowest BCUT2D eigenvalue weighted by atomic mass is 10.0. The Morgan fingerprint density at radius 3 is 2.61 bits per heavy atom. The summed E-state index contributed by atoms with van der Waals surface area (Å²) in [7, 11) is -3.01. The summed E-state index contributed by atoms with van der Waals surface area (Å²) >= 11 is 0. The maximum atomic E-state index is 14.3. The molecule has 0 radical (unpaired) electrons. The molecule has 0 unspecified atom stereocenters.